The van der Waals surface area contributed by atoms with Gasteiger partial charge in [0.25, 0.3) is 0 Å². The van der Waals surface area contributed by atoms with Crippen molar-refractivity contribution in [3.05, 3.63) is 59.3 Å². The van der Waals surface area contributed by atoms with Crippen LogP contribution in [-0.2, 0) is 6.61 Å². The molecule has 112 valence electrons. The summed E-state index contributed by atoms with van der Waals surface area (Å²) in [5, 5.41) is 12.2. The highest BCUT2D eigenvalue weighted by Gasteiger charge is 2.16. The van der Waals surface area contributed by atoms with Crippen LogP contribution in [0.15, 0.2) is 42.5 Å². The Kier molecular flexibility index (Phi) is 4.67. The molecule has 0 saturated carbocycles. The second-order valence-corrected chi connectivity index (χ2v) is 5.52. The molecule has 2 aromatic rings. The standard InChI is InChI=1S/C18H19N3O/c19-12-14-4-6-15(7-5-14)13-22-18-3-1-2-17(21-18)16-8-10-20-11-9-16/h1-7,16,20H,8-11,13H2. The van der Waals surface area contributed by atoms with Gasteiger partial charge in [-0.3, -0.25) is 0 Å². The summed E-state index contributed by atoms with van der Waals surface area (Å²) in [6, 6.07) is 15.5. The normalized spacial score (nSPS) is 15.2. The average molecular weight is 293 g/mol. The molecule has 4 nitrogen and oxygen atoms in total. The van der Waals surface area contributed by atoms with Crippen molar-refractivity contribution >= 4 is 0 Å². The van der Waals surface area contributed by atoms with Crippen molar-refractivity contribution in [3.8, 4) is 11.9 Å². The van der Waals surface area contributed by atoms with Crippen LogP contribution in [0.5, 0.6) is 5.88 Å². The number of pyridine rings is 1. The van der Waals surface area contributed by atoms with Gasteiger partial charge in [0, 0.05) is 17.7 Å². The number of benzene rings is 1. The van der Waals surface area contributed by atoms with Gasteiger partial charge in [0.2, 0.25) is 5.88 Å². The zero-order chi connectivity index (χ0) is 15.2. The van der Waals surface area contributed by atoms with E-state index in [9.17, 15) is 0 Å². The first-order valence-electron chi connectivity index (χ1n) is 7.64. The van der Waals surface area contributed by atoms with Gasteiger partial charge in [-0.1, -0.05) is 18.2 Å². The van der Waals surface area contributed by atoms with Gasteiger partial charge >= 0.3 is 0 Å². The molecule has 0 unspecified atom stereocenters. The highest BCUT2D eigenvalue weighted by molar-refractivity contribution is 5.31. The Morgan fingerprint density at radius 2 is 1.91 bits per heavy atom. The molecule has 1 aliphatic heterocycles. The van der Waals surface area contributed by atoms with E-state index in [4.69, 9.17) is 10.00 Å². The highest BCUT2D eigenvalue weighted by atomic mass is 16.5. The van der Waals surface area contributed by atoms with Crippen molar-refractivity contribution < 1.29 is 4.74 Å². The van der Waals surface area contributed by atoms with Crippen LogP contribution in [0.2, 0.25) is 0 Å². The smallest absolute Gasteiger partial charge is 0.213 e. The lowest BCUT2D eigenvalue weighted by molar-refractivity contribution is 0.291. The topological polar surface area (TPSA) is 57.9 Å². The van der Waals surface area contributed by atoms with Gasteiger partial charge in [-0.25, -0.2) is 4.98 Å². The Bertz CT molecular complexity index is 655. The quantitative estimate of drug-likeness (QED) is 0.941. The van der Waals surface area contributed by atoms with Gasteiger partial charge in [-0.15, -0.1) is 0 Å². The molecule has 1 aromatic heterocycles. The minimum atomic E-state index is 0.467. The maximum absolute atomic E-state index is 8.80. The Balaban J connectivity index is 1.63. The molecule has 1 aromatic carbocycles. The second-order valence-electron chi connectivity index (χ2n) is 5.52. The molecule has 1 fully saturated rings. The molecule has 0 bridgehead atoms. The number of rotatable bonds is 4. The monoisotopic (exact) mass is 293 g/mol. The minimum Gasteiger partial charge on any atom is -0.473 e. The Morgan fingerprint density at radius 3 is 2.64 bits per heavy atom. The molecule has 1 aliphatic rings. The van der Waals surface area contributed by atoms with Crippen molar-refractivity contribution in [2.24, 2.45) is 0 Å². The lowest BCUT2D eigenvalue weighted by Gasteiger charge is -2.22. The number of hydrogen-bond donors (Lipinski definition) is 1. The fourth-order valence-electron chi connectivity index (χ4n) is 2.69. The van der Waals surface area contributed by atoms with Gasteiger partial charge in [0.1, 0.15) is 6.61 Å². The van der Waals surface area contributed by atoms with Gasteiger partial charge in [0.05, 0.1) is 11.6 Å². The van der Waals surface area contributed by atoms with Gasteiger partial charge < -0.3 is 10.1 Å². The zero-order valence-corrected chi connectivity index (χ0v) is 12.5. The molecule has 1 saturated heterocycles. The molecule has 0 spiro atoms. The third-order valence-corrected chi connectivity index (χ3v) is 3.97. The first-order valence-corrected chi connectivity index (χ1v) is 7.64. The summed E-state index contributed by atoms with van der Waals surface area (Å²) in [4.78, 5) is 4.64. The van der Waals surface area contributed by atoms with E-state index in [0.717, 1.165) is 37.2 Å². The first kappa shape index (κ1) is 14.6. The first-order chi connectivity index (χ1) is 10.8. The van der Waals surface area contributed by atoms with E-state index in [1.54, 1.807) is 12.1 Å². The highest BCUT2D eigenvalue weighted by Crippen LogP contribution is 2.25. The van der Waals surface area contributed by atoms with Crippen LogP contribution in [0, 0.1) is 11.3 Å². The molecule has 0 amide bonds. The Labute approximate surface area is 130 Å². The predicted molar refractivity (Wildman–Crippen MR) is 84.6 cm³/mol. The van der Waals surface area contributed by atoms with Crippen molar-refractivity contribution in [3.63, 3.8) is 0 Å². The van der Waals surface area contributed by atoms with Gasteiger partial charge in [-0.05, 0) is 49.7 Å². The van der Waals surface area contributed by atoms with Crippen LogP contribution in [-0.4, -0.2) is 18.1 Å². The molecule has 0 aliphatic carbocycles. The van der Waals surface area contributed by atoms with E-state index in [1.165, 1.54) is 0 Å². The molecular formula is C18H19N3O. The van der Waals surface area contributed by atoms with Gasteiger partial charge in [-0.2, -0.15) is 5.26 Å². The average Bonchev–Trinajstić information content (AvgIpc) is 2.61. The third kappa shape index (κ3) is 3.63. The van der Waals surface area contributed by atoms with E-state index in [1.807, 2.05) is 24.3 Å². The summed E-state index contributed by atoms with van der Waals surface area (Å²) in [6.07, 6.45) is 2.26. The molecule has 0 radical (unpaired) electrons. The largest absolute Gasteiger partial charge is 0.473 e. The van der Waals surface area contributed by atoms with E-state index < -0.39 is 0 Å². The van der Waals surface area contributed by atoms with Crippen molar-refractivity contribution in [1.82, 2.24) is 10.3 Å². The van der Waals surface area contributed by atoms with Gasteiger partial charge in [0.15, 0.2) is 0 Å². The molecular weight excluding hydrogens is 274 g/mol. The summed E-state index contributed by atoms with van der Waals surface area (Å²) in [6.45, 7) is 2.58. The SMILES string of the molecule is N#Cc1ccc(COc2cccc(C3CCNCC3)n2)cc1. The summed E-state index contributed by atoms with van der Waals surface area (Å²) in [5.74, 6) is 1.19. The number of nitriles is 1. The lowest BCUT2D eigenvalue weighted by Crippen LogP contribution is -2.27. The number of hydrogen-bond acceptors (Lipinski definition) is 4. The number of ether oxygens (including phenoxy) is 1. The molecule has 1 N–H and O–H groups in total. The number of nitrogens with zero attached hydrogens (tertiary/aromatic N) is 2. The Hall–Kier alpha value is -2.38. The van der Waals surface area contributed by atoms with E-state index >= 15 is 0 Å². The molecule has 4 heteroatoms. The summed E-state index contributed by atoms with van der Waals surface area (Å²) < 4.78 is 5.79. The van der Waals surface area contributed by atoms with Crippen LogP contribution in [0.25, 0.3) is 0 Å². The predicted octanol–water partition coefficient (Wildman–Crippen LogP) is 3.00. The maximum atomic E-state index is 8.80. The fourth-order valence-corrected chi connectivity index (χ4v) is 2.69. The van der Waals surface area contributed by atoms with Crippen LogP contribution >= 0.6 is 0 Å². The van der Waals surface area contributed by atoms with E-state index in [0.29, 0.717) is 24.0 Å². The number of piperidine rings is 1. The number of aromatic nitrogens is 1. The maximum Gasteiger partial charge on any atom is 0.213 e. The fraction of sp³-hybridized carbons (Fsp3) is 0.333. The third-order valence-electron chi connectivity index (χ3n) is 3.97. The summed E-state index contributed by atoms with van der Waals surface area (Å²) in [5.41, 5.74) is 2.82. The second kappa shape index (κ2) is 7.06. The molecule has 0 atom stereocenters. The lowest BCUT2D eigenvalue weighted by atomic mass is 9.94. The number of nitrogens with one attached hydrogen (secondary N) is 1. The summed E-state index contributed by atoms with van der Waals surface area (Å²) in [7, 11) is 0. The molecule has 22 heavy (non-hydrogen) atoms. The van der Waals surface area contributed by atoms with Crippen LogP contribution < -0.4 is 10.1 Å². The van der Waals surface area contributed by atoms with Crippen LogP contribution in [0.3, 0.4) is 0 Å². The zero-order valence-electron chi connectivity index (χ0n) is 12.5. The van der Waals surface area contributed by atoms with Crippen molar-refractivity contribution in [1.29, 1.82) is 5.26 Å². The summed E-state index contributed by atoms with van der Waals surface area (Å²) >= 11 is 0. The molecule has 2 heterocycles. The molecule has 3 rings (SSSR count). The van der Waals surface area contributed by atoms with E-state index in [-0.39, 0.29) is 0 Å². The minimum absolute atomic E-state index is 0.467. The van der Waals surface area contributed by atoms with Crippen LogP contribution in [0.1, 0.15) is 35.6 Å². The van der Waals surface area contributed by atoms with Crippen LogP contribution in [0.4, 0.5) is 0 Å². The van der Waals surface area contributed by atoms with E-state index in [2.05, 4.69) is 22.4 Å². The Morgan fingerprint density at radius 1 is 1.14 bits per heavy atom. The van der Waals surface area contributed by atoms with Crippen molar-refractivity contribution in [2.75, 3.05) is 13.1 Å². The van der Waals surface area contributed by atoms with Crippen molar-refractivity contribution in [2.45, 2.75) is 25.4 Å².